The van der Waals surface area contributed by atoms with Crippen molar-refractivity contribution < 1.29 is 4.42 Å². The molecule has 0 radical (unpaired) electrons. The molecule has 0 N–H and O–H groups in total. The van der Waals surface area contributed by atoms with Crippen LogP contribution in [0.1, 0.15) is 0 Å². The van der Waals surface area contributed by atoms with E-state index in [-0.39, 0.29) is 5.43 Å². The van der Waals surface area contributed by atoms with Gasteiger partial charge in [-0.25, -0.2) is 9.97 Å². The standard InChI is InChI=1S/C26H20N4O2/c1-29(2)15-12-13-19-21(14-15)32-25-22(26-28-18-10-6-7-11-20(18)30(26)3)24(31)17-9-5-4-8-16(17)23(25)27-19/h4-14H,1-3H3. The van der Waals surface area contributed by atoms with Crippen molar-refractivity contribution >= 4 is 38.6 Å². The van der Waals surface area contributed by atoms with Crippen LogP contribution >= 0.6 is 0 Å². The van der Waals surface area contributed by atoms with Crippen molar-refractivity contribution in [3.05, 3.63) is 77.0 Å². The number of benzene rings is 4. The van der Waals surface area contributed by atoms with Gasteiger partial charge in [-0.3, -0.25) is 4.79 Å². The van der Waals surface area contributed by atoms with Crippen LogP contribution in [0.15, 0.2) is 75.9 Å². The summed E-state index contributed by atoms with van der Waals surface area (Å²) in [5.41, 5.74) is 5.12. The number of nitrogens with zero attached hydrogens (tertiary/aromatic N) is 4. The molecule has 2 aliphatic rings. The van der Waals surface area contributed by atoms with Gasteiger partial charge in [0.05, 0.1) is 11.0 Å². The molecule has 0 atom stereocenters. The first kappa shape index (κ1) is 18.6. The number of rotatable bonds is 2. The monoisotopic (exact) mass is 420 g/mol. The highest BCUT2D eigenvalue weighted by Gasteiger charge is 2.26. The summed E-state index contributed by atoms with van der Waals surface area (Å²) in [6.07, 6.45) is 0. The maximum Gasteiger partial charge on any atom is 0.201 e. The van der Waals surface area contributed by atoms with Gasteiger partial charge in [0.15, 0.2) is 11.3 Å². The average Bonchev–Trinajstić information content (AvgIpc) is 3.14. The number of para-hydroxylation sites is 2. The first-order valence-electron chi connectivity index (χ1n) is 10.4. The van der Waals surface area contributed by atoms with E-state index < -0.39 is 0 Å². The van der Waals surface area contributed by atoms with Gasteiger partial charge >= 0.3 is 0 Å². The highest BCUT2D eigenvalue weighted by molar-refractivity contribution is 6.02. The van der Waals surface area contributed by atoms with E-state index in [0.29, 0.717) is 33.8 Å². The van der Waals surface area contributed by atoms with E-state index >= 15 is 0 Å². The predicted molar refractivity (Wildman–Crippen MR) is 128 cm³/mol. The number of aromatic nitrogens is 3. The smallest absolute Gasteiger partial charge is 0.201 e. The fourth-order valence-electron chi connectivity index (χ4n) is 4.33. The second-order valence-corrected chi connectivity index (χ2v) is 8.17. The van der Waals surface area contributed by atoms with Crippen molar-refractivity contribution in [3.63, 3.8) is 0 Å². The minimum Gasteiger partial charge on any atom is -0.452 e. The maximum absolute atomic E-state index is 13.7. The van der Waals surface area contributed by atoms with E-state index in [1.807, 2.05) is 97.3 Å². The molecule has 6 nitrogen and oxygen atoms in total. The van der Waals surface area contributed by atoms with Gasteiger partial charge in [-0.2, -0.15) is 0 Å². The maximum atomic E-state index is 13.7. The summed E-state index contributed by atoms with van der Waals surface area (Å²) in [6, 6.07) is 21.3. The van der Waals surface area contributed by atoms with E-state index in [1.165, 1.54) is 0 Å². The van der Waals surface area contributed by atoms with Gasteiger partial charge in [0.1, 0.15) is 22.6 Å². The highest BCUT2D eigenvalue weighted by Crippen LogP contribution is 2.38. The van der Waals surface area contributed by atoms with E-state index in [1.54, 1.807) is 0 Å². The molecule has 0 fully saturated rings. The predicted octanol–water partition coefficient (Wildman–Crippen LogP) is 5.07. The number of fused-ring (bicyclic) bond motifs is 5. The van der Waals surface area contributed by atoms with Crippen LogP contribution in [0.3, 0.4) is 0 Å². The van der Waals surface area contributed by atoms with Crippen LogP contribution < -0.4 is 10.3 Å². The Kier molecular flexibility index (Phi) is 3.86. The number of imidazole rings is 1. The van der Waals surface area contributed by atoms with E-state index in [0.717, 1.165) is 27.6 Å². The molecule has 2 heterocycles. The van der Waals surface area contributed by atoms with Crippen molar-refractivity contribution in [1.29, 1.82) is 0 Å². The van der Waals surface area contributed by atoms with Crippen LogP contribution in [-0.2, 0) is 7.05 Å². The largest absolute Gasteiger partial charge is 0.452 e. The van der Waals surface area contributed by atoms with Gasteiger partial charge in [0.25, 0.3) is 0 Å². The Bertz CT molecular complexity index is 1690. The zero-order valence-corrected chi connectivity index (χ0v) is 18.0. The Balaban J connectivity index is 1.81. The summed E-state index contributed by atoms with van der Waals surface area (Å²) in [6.45, 7) is 0. The second kappa shape index (κ2) is 6.65. The van der Waals surface area contributed by atoms with Crippen molar-refractivity contribution in [1.82, 2.24) is 14.5 Å². The Morgan fingerprint density at radius 3 is 2.41 bits per heavy atom. The van der Waals surface area contributed by atoms with Gasteiger partial charge in [0, 0.05) is 43.7 Å². The number of anilines is 1. The molecular weight excluding hydrogens is 400 g/mol. The molecule has 0 spiro atoms. The van der Waals surface area contributed by atoms with Crippen molar-refractivity contribution in [2.45, 2.75) is 0 Å². The molecule has 32 heavy (non-hydrogen) atoms. The fraction of sp³-hybridized carbons (Fsp3) is 0.115. The van der Waals surface area contributed by atoms with Crippen LogP contribution in [-0.4, -0.2) is 28.6 Å². The highest BCUT2D eigenvalue weighted by atomic mass is 16.3. The molecule has 3 aromatic carbocycles. The van der Waals surface area contributed by atoms with Crippen LogP contribution in [0, 0.1) is 0 Å². The Labute approximate surface area is 183 Å². The minimum absolute atomic E-state index is 0.111. The van der Waals surface area contributed by atoms with Crippen molar-refractivity contribution in [2.24, 2.45) is 7.05 Å². The summed E-state index contributed by atoms with van der Waals surface area (Å²) in [5, 5.41) is 1.38. The van der Waals surface area contributed by atoms with Crippen molar-refractivity contribution in [2.75, 3.05) is 19.0 Å². The third kappa shape index (κ3) is 2.56. The topological polar surface area (TPSA) is 64.2 Å². The third-order valence-corrected chi connectivity index (χ3v) is 6.01. The summed E-state index contributed by atoms with van der Waals surface area (Å²) < 4.78 is 8.36. The second-order valence-electron chi connectivity index (χ2n) is 8.17. The van der Waals surface area contributed by atoms with Crippen LogP contribution in [0.2, 0.25) is 0 Å². The molecule has 6 rings (SSSR count). The Morgan fingerprint density at radius 2 is 1.62 bits per heavy atom. The zero-order chi connectivity index (χ0) is 22.0. The lowest BCUT2D eigenvalue weighted by Crippen LogP contribution is -2.12. The van der Waals surface area contributed by atoms with Gasteiger partial charge in [0.2, 0.25) is 5.43 Å². The minimum atomic E-state index is -0.111. The van der Waals surface area contributed by atoms with Gasteiger partial charge < -0.3 is 13.9 Å². The molecule has 0 unspecified atom stereocenters. The quantitative estimate of drug-likeness (QED) is 0.289. The summed E-state index contributed by atoms with van der Waals surface area (Å²) >= 11 is 0. The van der Waals surface area contributed by atoms with Crippen molar-refractivity contribution in [3.8, 4) is 22.8 Å². The summed E-state index contributed by atoms with van der Waals surface area (Å²) in [5.74, 6) is 1.02. The molecule has 1 aromatic heterocycles. The first-order valence-corrected chi connectivity index (χ1v) is 10.4. The molecule has 0 amide bonds. The Hall–Kier alpha value is -4.19. The van der Waals surface area contributed by atoms with Gasteiger partial charge in [-0.1, -0.05) is 36.4 Å². The zero-order valence-electron chi connectivity index (χ0n) is 18.0. The molecule has 0 saturated heterocycles. The molecule has 0 saturated carbocycles. The average molecular weight is 420 g/mol. The summed E-state index contributed by atoms with van der Waals surface area (Å²) in [7, 11) is 5.87. The first-order chi connectivity index (χ1) is 15.5. The molecule has 1 aliphatic carbocycles. The molecular formula is C26H20N4O2. The van der Waals surface area contributed by atoms with Crippen LogP contribution in [0.5, 0.6) is 0 Å². The van der Waals surface area contributed by atoms with Crippen LogP contribution in [0.25, 0.3) is 55.7 Å². The lowest BCUT2D eigenvalue weighted by Gasteiger charge is -2.16. The SMILES string of the molecule is CN(C)c1ccc2nc3c4ccccc4c(=O)c(-c4nc5ccccc5n4C)c-3oc2c1. The van der Waals surface area contributed by atoms with E-state index in [9.17, 15) is 4.79 Å². The lowest BCUT2D eigenvalue weighted by molar-refractivity contribution is 0.614. The molecule has 156 valence electrons. The van der Waals surface area contributed by atoms with Gasteiger partial charge in [-0.05, 0) is 24.3 Å². The lowest BCUT2D eigenvalue weighted by atomic mass is 9.99. The molecule has 6 heteroatoms. The number of hydrogen-bond acceptors (Lipinski definition) is 5. The summed E-state index contributed by atoms with van der Waals surface area (Å²) in [4.78, 5) is 25.5. The van der Waals surface area contributed by atoms with E-state index in [4.69, 9.17) is 14.4 Å². The Morgan fingerprint density at radius 1 is 0.875 bits per heavy atom. The fourth-order valence-corrected chi connectivity index (χ4v) is 4.33. The third-order valence-electron chi connectivity index (χ3n) is 6.01. The normalized spacial score (nSPS) is 11.7. The number of hydrogen-bond donors (Lipinski definition) is 0. The van der Waals surface area contributed by atoms with Crippen LogP contribution in [0.4, 0.5) is 5.69 Å². The molecule has 1 aliphatic heterocycles. The van der Waals surface area contributed by atoms with E-state index in [2.05, 4.69) is 0 Å². The molecule has 4 aromatic rings. The molecule has 0 bridgehead atoms. The number of aryl methyl sites for hydroxylation is 1. The van der Waals surface area contributed by atoms with Gasteiger partial charge in [-0.15, -0.1) is 0 Å².